The van der Waals surface area contributed by atoms with Crippen molar-refractivity contribution in [1.82, 2.24) is 0 Å². The Morgan fingerprint density at radius 2 is 1.11 bits per heavy atom. The van der Waals surface area contributed by atoms with E-state index in [0.717, 1.165) is 12.1 Å². The molecule has 4 aliphatic rings. The number of hydrogen-bond acceptors (Lipinski definition) is 24. The molecule has 0 saturated carbocycles. The molecule has 4 saturated heterocycles. The number of phenolic OH excluding ortho intramolecular Hbond substituents is 3. The second-order valence-electron chi connectivity index (χ2n) is 15.8. The molecule has 5 heterocycles. The molecule has 4 fully saturated rings. The third-order valence-corrected chi connectivity index (χ3v) is 11.6. The molecule has 2 aromatic carbocycles. The van der Waals surface area contributed by atoms with Gasteiger partial charge in [-0.2, -0.15) is 0 Å². The first-order chi connectivity index (χ1) is 29.9. The molecule has 350 valence electrons. The molecule has 8 unspecified atom stereocenters. The maximum absolute atomic E-state index is 13.3. The standard InChI is InChI=1S/C39H50O24/c1-11-33(62-37-30(53)27(50)23(46)18(8-40)60-37)32(55)36(63-38-31(54)28(51)24(47)19(9-41)61-38)39(57-11)56-10-20-25(48)26(49)29(52)35(59-20)22-15(44)6-14(43)21-16(45)7-17(58-34(21)22)12-2-4-13(42)5-3-12/h2-7,11,18-20,23-33,35-44,46-55H,8-10H2,1H3/t11?,18?,19?,20?,23-,24+,25-,26+,27+,28+,29?,30?,31?,32?,33+,35+,36+,37+,38+,39-/m1/s1. The van der Waals surface area contributed by atoms with E-state index in [1.165, 1.54) is 31.2 Å². The van der Waals surface area contributed by atoms with Crippen LogP contribution in [0.4, 0.5) is 0 Å². The van der Waals surface area contributed by atoms with Gasteiger partial charge in [0.15, 0.2) is 29.9 Å². The molecule has 24 nitrogen and oxygen atoms in total. The zero-order valence-electron chi connectivity index (χ0n) is 33.0. The fourth-order valence-electron chi connectivity index (χ4n) is 8.01. The number of aliphatic hydroxyl groups excluding tert-OH is 12. The summed E-state index contributed by atoms with van der Waals surface area (Å²) in [6.07, 6.45) is -36.0. The van der Waals surface area contributed by atoms with E-state index in [1.807, 2.05) is 0 Å². The summed E-state index contributed by atoms with van der Waals surface area (Å²) < 4.78 is 46.4. The number of aliphatic hydroxyl groups is 12. The molecule has 1 aromatic heterocycles. The van der Waals surface area contributed by atoms with E-state index < -0.39 is 176 Å². The minimum Gasteiger partial charge on any atom is -0.508 e. The Hall–Kier alpha value is -3.71. The molecule has 7 rings (SSSR count). The van der Waals surface area contributed by atoms with Crippen LogP contribution in [0.2, 0.25) is 0 Å². The van der Waals surface area contributed by atoms with Gasteiger partial charge < -0.3 is 114 Å². The second kappa shape index (κ2) is 19.0. The number of phenols is 3. The van der Waals surface area contributed by atoms with Crippen molar-refractivity contribution in [3.05, 3.63) is 52.2 Å². The van der Waals surface area contributed by atoms with Crippen LogP contribution in [0.3, 0.4) is 0 Å². The Bertz CT molecular complexity index is 2080. The van der Waals surface area contributed by atoms with E-state index >= 15 is 0 Å². The summed E-state index contributed by atoms with van der Waals surface area (Å²) in [5, 5.41) is 159. The lowest BCUT2D eigenvalue weighted by molar-refractivity contribution is -0.386. The molecule has 15 N–H and O–H groups in total. The average Bonchev–Trinajstić information content (AvgIpc) is 3.25. The van der Waals surface area contributed by atoms with Gasteiger partial charge >= 0.3 is 0 Å². The summed E-state index contributed by atoms with van der Waals surface area (Å²) in [5.41, 5.74) is -1.46. The Morgan fingerprint density at radius 3 is 1.68 bits per heavy atom. The molecule has 63 heavy (non-hydrogen) atoms. The smallest absolute Gasteiger partial charge is 0.197 e. The minimum atomic E-state index is -2.05. The fourth-order valence-corrected chi connectivity index (χ4v) is 8.01. The van der Waals surface area contributed by atoms with Gasteiger partial charge in [-0.3, -0.25) is 4.79 Å². The van der Waals surface area contributed by atoms with Gasteiger partial charge in [0.1, 0.15) is 126 Å². The van der Waals surface area contributed by atoms with E-state index in [4.69, 9.17) is 37.6 Å². The summed E-state index contributed by atoms with van der Waals surface area (Å²) in [5.74, 6) is -1.70. The van der Waals surface area contributed by atoms with Gasteiger partial charge in [-0.1, -0.05) is 0 Å². The zero-order valence-corrected chi connectivity index (χ0v) is 33.0. The monoisotopic (exact) mass is 902 g/mol. The van der Waals surface area contributed by atoms with E-state index in [2.05, 4.69) is 0 Å². The predicted octanol–water partition coefficient (Wildman–Crippen LogP) is -5.41. The lowest BCUT2D eigenvalue weighted by atomic mass is 9.89. The van der Waals surface area contributed by atoms with Crippen molar-refractivity contribution in [2.24, 2.45) is 0 Å². The number of hydrogen-bond donors (Lipinski definition) is 15. The molecular weight excluding hydrogens is 852 g/mol. The van der Waals surface area contributed by atoms with Gasteiger partial charge in [-0.25, -0.2) is 0 Å². The fraction of sp³-hybridized carbons (Fsp3) is 0.615. The lowest BCUT2D eigenvalue weighted by Gasteiger charge is -2.48. The van der Waals surface area contributed by atoms with Crippen LogP contribution in [-0.4, -0.2) is 213 Å². The van der Waals surface area contributed by atoms with Crippen LogP contribution in [0, 0.1) is 0 Å². The first kappa shape index (κ1) is 47.3. The van der Waals surface area contributed by atoms with Crippen molar-refractivity contribution < 1.29 is 114 Å². The van der Waals surface area contributed by atoms with E-state index in [0.29, 0.717) is 0 Å². The van der Waals surface area contributed by atoms with Crippen molar-refractivity contribution in [3.8, 4) is 28.6 Å². The Kier molecular flexibility index (Phi) is 14.3. The van der Waals surface area contributed by atoms with Crippen LogP contribution in [0.15, 0.2) is 45.6 Å². The van der Waals surface area contributed by atoms with Crippen LogP contribution in [0.25, 0.3) is 22.3 Å². The van der Waals surface area contributed by atoms with Gasteiger partial charge in [0.05, 0.1) is 31.5 Å². The second-order valence-corrected chi connectivity index (χ2v) is 15.8. The Labute approximate surface area is 355 Å². The zero-order chi connectivity index (χ0) is 45.8. The van der Waals surface area contributed by atoms with Gasteiger partial charge in [-0.05, 0) is 31.2 Å². The van der Waals surface area contributed by atoms with Crippen LogP contribution in [-0.2, 0) is 33.2 Å². The Morgan fingerprint density at radius 1 is 0.571 bits per heavy atom. The van der Waals surface area contributed by atoms with Crippen LogP contribution in [0.1, 0.15) is 18.6 Å². The van der Waals surface area contributed by atoms with Crippen molar-refractivity contribution in [1.29, 1.82) is 0 Å². The topological polar surface area (TPSA) is 398 Å². The third kappa shape index (κ3) is 9.00. The number of ether oxygens (including phenoxy) is 7. The molecule has 20 atom stereocenters. The molecule has 24 heteroatoms. The highest BCUT2D eigenvalue weighted by Gasteiger charge is 2.54. The highest BCUT2D eigenvalue weighted by Crippen LogP contribution is 2.44. The molecule has 0 bridgehead atoms. The highest BCUT2D eigenvalue weighted by molar-refractivity contribution is 5.89. The van der Waals surface area contributed by atoms with Crippen LogP contribution in [0.5, 0.6) is 17.2 Å². The van der Waals surface area contributed by atoms with Gasteiger partial charge in [0, 0.05) is 17.7 Å². The quantitative estimate of drug-likeness (QED) is 0.0854. The molecule has 3 aromatic rings. The first-order valence-corrected chi connectivity index (χ1v) is 19.8. The van der Waals surface area contributed by atoms with Gasteiger partial charge in [-0.15, -0.1) is 0 Å². The summed E-state index contributed by atoms with van der Waals surface area (Å²) in [6, 6.07) is 7.23. The van der Waals surface area contributed by atoms with Crippen molar-refractivity contribution >= 4 is 11.0 Å². The predicted molar refractivity (Wildman–Crippen MR) is 202 cm³/mol. The molecule has 0 radical (unpaired) electrons. The van der Waals surface area contributed by atoms with Crippen molar-refractivity contribution in [3.63, 3.8) is 0 Å². The maximum atomic E-state index is 13.3. The summed E-state index contributed by atoms with van der Waals surface area (Å²) in [4.78, 5) is 13.3. The summed E-state index contributed by atoms with van der Waals surface area (Å²) in [7, 11) is 0. The third-order valence-electron chi connectivity index (χ3n) is 11.6. The van der Waals surface area contributed by atoms with Crippen LogP contribution >= 0.6 is 0 Å². The summed E-state index contributed by atoms with van der Waals surface area (Å²) >= 11 is 0. The maximum Gasteiger partial charge on any atom is 0.197 e. The normalized spacial score (nSPS) is 41.2. The van der Waals surface area contributed by atoms with Crippen molar-refractivity contribution in [2.75, 3.05) is 19.8 Å². The van der Waals surface area contributed by atoms with Crippen molar-refractivity contribution in [2.45, 2.75) is 130 Å². The molecule has 0 spiro atoms. The number of rotatable bonds is 11. The SMILES string of the molecule is CC1O[C@@H](OCC2O[C@@H](c3c(O)cc(O)c4c(=O)cc(-c5ccc(O)cc5)oc34)C(O)[C@@H](O)[C@@H]2O)[C@@H](O[C@@H]2OC(CO)[C@H](O)[C@H](O)C2O)C(O)[C@H]1O[C@@H]1OC(CO)[C@@H](O)[C@H](O)C1O. The molecule has 0 aliphatic carbocycles. The van der Waals surface area contributed by atoms with E-state index in [-0.39, 0.29) is 17.1 Å². The minimum absolute atomic E-state index is 0.104. The lowest BCUT2D eigenvalue weighted by Crippen LogP contribution is -2.66. The Balaban J connectivity index is 1.18. The molecule has 0 amide bonds. The largest absolute Gasteiger partial charge is 0.508 e. The molecular formula is C39H50O24. The number of aromatic hydroxyl groups is 3. The van der Waals surface area contributed by atoms with Gasteiger partial charge in [0.2, 0.25) is 0 Å². The highest BCUT2D eigenvalue weighted by atomic mass is 16.8. The average molecular weight is 903 g/mol. The first-order valence-electron chi connectivity index (χ1n) is 19.8. The van der Waals surface area contributed by atoms with Crippen LogP contribution < -0.4 is 5.43 Å². The number of benzene rings is 2. The van der Waals surface area contributed by atoms with E-state index in [1.54, 1.807) is 0 Å². The number of fused-ring (bicyclic) bond motifs is 1. The molecule has 4 aliphatic heterocycles. The van der Waals surface area contributed by atoms with E-state index in [9.17, 15) is 81.4 Å². The van der Waals surface area contributed by atoms with Gasteiger partial charge in [0.25, 0.3) is 0 Å². The summed E-state index contributed by atoms with van der Waals surface area (Å²) in [6.45, 7) is -1.15.